The number of hydrogen-bond acceptors (Lipinski definition) is 3. The number of rotatable bonds is 3. The summed E-state index contributed by atoms with van der Waals surface area (Å²) in [6.07, 6.45) is 10.9. The van der Waals surface area contributed by atoms with Crippen molar-refractivity contribution in [1.29, 1.82) is 0 Å². The summed E-state index contributed by atoms with van der Waals surface area (Å²) >= 11 is 0. The number of nitrogens with zero attached hydrogens (tertiary/aromatic N) is 1. The van der Waals surface area contributed by atoms with Crippen LogP contribution in [0.2, 0.25) is 0 Å². The molecule has 1 aromatic carbocycles. The van der Waals surface area contributed by atoms with Crippen molar-refractivity contribution in [3.8, 4) is 5.75 Å². The van der Waals surface area contributed by atoms with Crippen LogP contribution in [-0.4, -0.2) is 30.5 Å². The van der Waals surface area contributed by atoms with Gasteiger partial charge in [0.05, 0.1) is 7.11 Å². The molecule has 2 unspecified atom stereocenters. The summed E-state index contributed by atoms with van der Waals surface area (Å²) in [4.78, 5) is 14.8. The molecule has 0 radical (unpaired) electrons. The summed E-state index contributed by atoms with van der Waals surface area (Å²) in [7, 11) is 1.63. The first-order valence-electron chi connectivity index (χ1n) is 9.31. The van der Waals surface area contributed by atoms with E-state index in [1.165, 1.54) is 25.7 Å². The van der Waals surface area contributed by atoms with Gasteiger partial charge >= 0.3 is 0 Å². The molecule has 2 heterocycles. The molecular formula is C21H25NO3. The number of para-hydroxylation sites is 1. The minimum atomic E-state index is 0.115. The zero-order valence-corrected chi connectivity index (χ0v) is 14.7. The van der Waals surface area contributed by atoms with Crippen molar-refractivity contribution in [2.75, 3.05) is 13.7 Å². The fraction of sp³-hybridized carbons (Fsp3) is 0.476. The molecule has 2 atom stereocenters. The van der Waals surface area contributed by atoms with Gasteiger partial charge in [-0.25, -0.2) is 0 Å². The lowest BCUT2D eigenvalue weighted by Gasteiger charge is -2.43. The molecule has 0 spiro atoms. The van der Waals surface area contributed by atoms with Crippen LogP contribution in [0, 0.1) is 5.92 Å². The molecular weight excluding hydrogens is 314 g/mol. The van der Waals surface area contributed by atoms with Gasteiger partial charge in [-0.05, 0) is 49.8 Å². The smallest absolute Gasteiger partial charge is 0.246 e. The van der Waals surface area contributed by atoms with Crippen molar-refractivity contribution in [3.05, 3.63) is 36.1 Å². The maximum absolute atomic E-state index is 12.7. The van der Waals surface area contributed by atoms with Crippen molar-refractivity contribution in [2.45, 2.75) is 44.6 Å². The highest BCUT2D eigenvalue weighted by molar-refractivity contribution is 5.93. The highest BCUT2D eigenvalue weighted by Gasteiger charge is 2.34. The van der Waals surface area contributed by atoms with Crippen molar-refractivity contribution in [3.63, 3.8) is 0 Å². The summed E-state index contributed by atoms with van der Waals surface area (Å²) in [6, 6.07) is 8.18. The number of piperidine rings is 1. The van der Waals surface area contributed by atoms with E-state index < -0.39 is 0 Å². The summed E-state index contributed by atoms with van der Waals surface area (Å²) in [5, 5.41) is 0.983. The predicted octanol–water partition coefficient (Wildman–Crippen LogP) is 4.64. The van der Waals surface area contributed by atoms with Gasteiger partial charge in [-0.3, -0.25) is 4.79 Å². The normalized spacial score (nSPS) is 23.8. The van der Waals surface area contributed by atoms with Gasteiger partial charge in [0.25, 0.3) is 0 Å². The maximum Gasteiger partial charge on any atom is 0.246 e. The lowest BCUT2D eigenvalue weighted by molar-refractivity contribution is -0.132. The second-order valence-electron chi connectivity index (χ2n) is 7.15. The Morgan fingerprint density at radius 3 is 2.96 bits per heavy atom. The second-order valence-corrected chi connectivity index (χ2v) is 7.15. The first-order chi connectivity index (χ1) is 12.3. The molecule has 4 rings (SSSR count). The fourth-order valence-corrected chi connectivity index (χ4v) is 4.45. The van der Waals surface area contributed by atoms with Crippen LogP contribution in [0.1, 0.15) is 44.3 Å². The SMILES string of the molecule is COc1cccc2cc(/C=C/C(=O)N3CCCC4CCCCC43)oc12. The molecule has 0 bridgehead atoms. The Bertz CT molecular complexity index is 790. The van der Waals surface area contributed by atoms with E-state index in [0.717, 1.165) is 30.4 Å². The average molecular weight is 339 g/mol. The highest BCUT2D eigenvalue weighted by atomic mass is 16.5. The van der Waals surface area contributed by atoms with E-state index in [1.54, 1.807) is 19.3 Å². The number of amides is 1. The Labute approximate surface area is 148 Å². The molecule has 0 N–H and O–H groups in total. The van der Waals surface area contributed by atoms with E-state index >= 15 is 0 Å². The predicted molar refractivity (Wildman–Crippen MR) is 98.5 cm³/mol. The minimum absolute atomic E-state index is 0.115. The number of carbonyl (C=O) groups is 1. The largest absolute Gasteiger partial charge is 0.493 e. The quantitative estimate of drug-likeness (QED) is 0.765. The van der Waals surface area contributed by atoms with Gasteiger partial charge in [-0.15, -0.1) is 0 Å². The van der Waals surface area contributed by atoms with Crippen molar-refractivity contribution in [1.82, 2.24) is 4.90 Å². The fourth-order valence-electron chi connectivity index (χ4n) is 4.45. The van der Waals surface area contributed by atoms with Gasteiger partial charge in [0.15, 0.2) is 11.3 Å². The summed E-state index contributed by atoms with van der Waals surface area (Å²) in [6.45, 7) is 0.887. The molecule has 1 amide bonds. The lowest BCUT2D eigenvalue weighted by Crippen LogP contribution is -2.49. The van der Waals surface area contributed by atoms with E-state index in [1.807, 2.05) is 24.3 Å². The third-order valence-electron chi connectivity index (χ3n) is 5.66. The van der Waals surface area contributed by atoms with E-state index in [9.17, 15) is 4.79 Å². The van der Waals surface area contributed by atoms with Gasteiger partial charge in [-0.2, -0.15) is 0 Å². The monoisotopic (exact) mass is 339 g/mol. The number of benzene rings is 1. The number of ether oxygens (including phenoxy) is 1. The Balaban J connectivity index is 1.52. The Morgan fingerprint density at radius 1 is 1.24 bits per heavy atom. The van der Waals surface area contributed by atoms with Crippen LogP contribution >= 0.6 is 0 Å². The molecule has 4 heteroatoms. The van der Waals surface area contributed by atoms with Crippen LogP contribution in [0.15, 0.2) is 34.8 Å². The maximum atomic E-state index is 12.7. The highest BCUT2D eigenvalue weighted by Crippen LogP contribution is 2.35. The third-order valence-corrected chi connectivity index (χ3v) is 5.66. The zero-order valence-electron chi connectivity index (χ0n) is 14.7. The first-order valence-corrected chi connectivity index (χ1v) is 9.31. The van der Waals surface area contributed by atoms with Gasteiger partial charge < -0.3 is 14.1 Å². The van der Waals surface area contributed by atoms with Crippen molar-refractivity contribution < 1.29 is 13.9 Å². The van der Waals surface area contributed by atoms with Gasteiger partial charge in [0.2, 0.25) is 5.91 Å². The molecule has 1 aliphatic carbocycles. The van der Waals surface area contributed by atoms with Crippen LogP contribution in [0.5, 0.6) is 5.75 Å². The van der Waals surface area contributed by atoms with Gasteiger partial charge in [0.1, 0.15) is 5.76 Å². The van der Waals surface area contributed by atoms with E-state index in [4.69, 9.17) is 9.15 Å². The van der Waals surface area contributed by atoms with E-state index in [-0.39, 0.29) is 5.91 Å². The summed E-state index contributed by atoms with van der Waals surface area (Å²) in [5.41, 5.74) is 0.724. The molecule has 1 saturated heterocycles. The lowest BCUT2D eigenvalue weighted by atomic mass is 9.78. The van der Waals surface area contributed by atoms with Crippen molar-refractivity contribution in [2.24, 2.45) is 5.92 Å². The minimum Gasteiger partial charge on any atom is -0.493 e. The number of furan rings is 1. The first kappa shape index (κ1) is 16.2. The van der Waals surface area contributed by atoms with Crippen LogP contribution in [0.25, 0.3) is 17.0 Å². The topological polar surface area (TPSA) is 42.7 Å². The number of likely N-dealkylation sites (tertiary alicyclic amines) is 1. The summed E-state index contributed by atoms with van der Waals surface area (Å²) < 4.78 is 11.2. The van der Waals surface area contributed by atoms with Crippen LogP contribution in [-0.2, 0) is 4.79 Å². The van der Waals surface area contributed by atoms with Crippen molar-refractivity contribution >= 4 is 23.0 Å². The number of carbonyl (C=O) groups excluding carboxylic acids is 1. The number of fused-ring (bicyclic) bond motifs is 2. The molecule has 1 aromatic heterocycles. The molecule has 25 heavy (non-hydrogen) atoms. The van der Waals surface area contributed by atoms with Gasteiger partial charge in [-0.1, -0.05) is 25.0 Å². The molecule has 2 aromatic rings. The van der Waals surface area contributed by atoms with E-state index in [2.05, 4.69) is 4.90 Å². The Kier molecular flexibility index (Phi) is 4.51. The molecule has 1 saturated carbocycles. The standard InChI is InChI=1S/C21H25NO3/c1-24-19-10-4-7-16-14-17(25-21(16)19)11-12-20(23)22-13-5-8-15-6-2-3-9-18(15)22/h4,7,10-12,14-15,18H,2-3,5-6,8-9,13H2,1H3/b12-11+. The zero-order chi connectivity index (χ0) is 17.2. The van der Waals surface area contributed by atoms with Gasteiger partial charge in [0, 0.05) is 24.0 Å². The second kappa shape index (κ2) is 6.95. The van der Waals surface area contributed by atoms with E-state index in [0.29, 0.717) is 23.5 Å². The Hall–Kier alpha value is -2.23. The van der Waals surface area contributed by atoms with Crippen LogP contribution in [0.4, 0.5) is 0 Å². The molecule has 2 aliphatic rings. The number of hydrogen-bond donors (Lipinski definition) is 0. The molecule has 2 fully saturated rings. The van der Waals surface area contributed by atoms with Crippen LogP contribution in [0.3, 0.4) is 0 Å². The third kappa shape index (κ3) is 3.17. The summed E-state index contributed by atoms with van der Waals surface area (Å²) in [5.74, 6) is 2.22. The number of methoxy groups -OCH3 is 1. The molecule has 4 nitrogen and oxygen atoms in total. The Morgan fingerprint density at radius 2 is 2.08 bits per heavy atom. The molecule has 132 valence electrons. The van der Waals surface area contributed by atoms with Crippen LogP contribution < -0.4 is 4.74 Å². The average Bonchev–Trinajstić information content (AvgIpc) is 3.08. The molecule has 1 aliphatic heterocycles.